The molecule has 30 heavy (non-hydrogen) atoms. The van der Waals surface area contributed by atoms with Crippen molar-refractivity contribution in [2.75, 3.05) is 19.9 Å². The van der Waals surface area contributed by atoms with Crippen molar-refractivity contribution in [3.63, 3.8) is 0 Å². The first-order valence-electron chi connectivity index (χ1n) is 10.3. The zero-order valence-corrected chi connectivity index (χ0v) is 16.7. The van der Waals surface area contributed by atoms with Crippen LogP contribution in [0, 0.1) is 0 Å². The number of amides is 2. The van der Waals surface area contributed by atoms with Crippen LogP contribution in [0.5, 0.6) is 11.5 Å². The Morgan fingerprint density at radius 2 is 1.57 bits per heavy atom. The minimum Gasteiger partial charge on any atom is -0.454 e. The second kappa shape index (κ2) is 8.11. The molecule has 0 aliphatic carbocycles. The van der Waals surface area contributed by atoms with Gasteiger partial charge in [0.2, 0.25) is 6.79 Å². The molecule has 0 bridgehead atoms. The van der Waals surface area contributed by atoms with Crippen molar-refractivity contribution in [1.82, 2.24) is 10.2 Å². The molecule has 5 rings (SSSR count). The number of rotatable bonds is 4. The Labute approximate surface area is 176 Å². The topological polar surface area (TPSA) is 50.8 Å². The molecule has 3 aromatic rings. The van der Waals surface area contributed by atoms with Crippen molar-refractivity contribution in [3.8, 4) is 11.5 Å². The van der Waals surface area contributed by atoms with E-state index in [0.717, 1.165) is 35.6 Å². The summed E-state index contributed by atoms with van der Waals surface area (Å²) in [7, 11) is 0. The van der Waals surface area contributed by atoms with Gasteiger partial charge < -0.3 is 19.7 Å². The zero-order valence-electron chi connectivity index (χ0n) is 16.7. The average molecular weight is 400 g/mol. The monoisotopic (exact) mass is 400 g/mol. The molecule has 2 heterocycles. The van der Waals surface area contributed by atoms with Crippen LogP contribution in [-0.2, 0) is 0 Å². The minimum atomic E-state index is -0.176. The molecule has 0 saturated carbocycles. The van der Waals surface area contributed by atoms with Gasteiger partial charge in [-0.1, -0.05) is 66.7 Å². The van der Waals surface area contributed by atoms with E-state index < -0.39 is 0 Å². The highest BCUT2D eigenvalue weighted by Gasteiger charge is 2.30. The molecule has 1 fully saturated rings. The van der Waals surface area contributed by atoms with E-state index in [4.69, 9.17) is 9.47 Å². The predicted molar refractivity (Wildman–Crippen MR) is 115 cm³/mol. The predicted octanol–water partition coefficient (Wildman–Crippen LogP) is 4.70. The Bertz CT molecular complexity index is 984. The van der Waals surface area contributed by atoms with E-state index in [9.17, 15) is 4.79 Å². The summed E-state index contributed by atoms with van der Waals surface area (Å²) in [6, 6.07) is 26.1. The number of hydrogen-bond donors (Lipinski definition) is 1. The number of nitrogens with zero attached hydrogens (tertiary/aromatic N) is 1. The molecular formula is C25H24N2O3. The van der Waals surface area contributed by atoms with Gasteiger partial charge in [0.05, 0.1) is 6.04 Å². The standard InChI is InChI=1S/C25H24N2O3/c28-25(26-24(18-7-3-1-4-8-18)19-9-5-2-6-10-19)27-14-13-21(16-27)20-11-12-22-23(15-20)30-17-29-22/h1-12,15,21,24H,13-14,16-17H2,(H,26,28)/t21-/m1/s1. The molecule has 5 heteroatoms. The van der Waals surface area contributed by atoms with Crippen LogP contribution in [0.15, 0.2) is 78.9 Å². The number of hydrogen-bond acceptors (Lipinski definition) is 3. The van der Waals surface area contributed by atoms with Crippen LogP contribution < -0.4 is 14.8 Å². The van der Waals surface area contributed by atoms with Crippen LogP contribution in [0.4, 0.5) is 4.79 Å². The molecule has 2 amide bonds. The average Bonchev–Trinajstić information content (AvgIpc) is 3.48. The second-order valence-electron chi connectivity index (χ2n) is 7.75. The van der Waals surface area contributed by atoms with Gasteiger partial charge in [-0.05, 0) is 35.2 Å². The van der Waals surface area contributed by atoms with Crippen LogP contribution in [0.25, 0.3) is 0 Å². The summed E-state index contributed by atoms with van der Waals surface area (Å²) in [6.45, 7) is 1.71. The molecule has 1 atom stereocenters. The molecule has 0 unspecified atom stereocenters. The van der Waals surface area contributed by atoms with Crippen LogP contribution in [-0.4, -0.2) is 30.8 Å². The van der Waals surface area contributed by atoms with Gasteiger partial charge in [-0.3, -0.25) is 0 Å². The van der Waals surface area contributed by atoms with Crippen molar-refractivity contribution >= 4 is 6.03 Å². The fraction of sp³-hybridized carbons (Fsp3) is 0.240. The Morgan fingerprint density at radius 1 is 0.900 bits per heavy atom. The number of benzene rings is 3. The van der Waals surface area contributed by atoms with Crippen molar-refractivity contribution in [2.24, 2.45) is 0 Å². The molecule has 0 radical (unpaired) electrons. The summed E-state index contributed by atoms with van der Waals surface area (Å²) < 4.78 is 10.9. The van der Waals surface area contributed by atoms with Crippen molar-refractivity contribution in [2.45, 2.75) is 18.4 Å². The summed E-state index contributed by atoms with van der Waals surface area (Å²) in [4.78, 5) is 15.0. The lowest BCUT2D eigenvalue weighted by molar-refractivity contribution is 0.174. The normalized spacial score (nSPS) is 17.4. The van der Waals surface area contributed by atoms with Crippen molar-refractivity contribution in [1.29, 1.82) is 0 Å². The summed E-state index contributed by atoms with van der Waals surface area (Å²) in [5.41, 5.74) is 3.34. The maximum atomic E-state index is 13.1. The number of fused-ring (bicyclic) bond motifs is 1. The number of carbonyl (C=O) groups is 1. The van der Waals surface area contributed by atoms with E-state index >= 15 is 0 Å². The summed E-state index contributed by atoms with van der Waals surface area (Å²) in [5.74, 6) is 1.89. The van der Waals surface area contributed by atoms with Gasteiger partial charge in [0.15, 0.2) is 11.5 Å². The Balaban J connectivity index is 1.30. The third-order valence-electron chi connectivity index (χ3n) is 5.88. The smallest absolute Gasteiger partial charge is 0.318 e. The third-order valence-corrected chi connectivity index (χ3v) is 5.88. The van der Waals surface area contributed by atoms with Crippen molar-refractivity contribution < 1.29 is 14.3 Å². The van der Waals surface area contributed by atoms with Gasteiger partial charge in [-0.15, -0.1) is 0 Å². The van der Waals surface area contributed by atoms with E-state index in [-0.39, 0.29) is 18.9 Å². The summed E-state index contributed by atoms with van der Waals surface area (Å²) >= 11 is 0. The van der Waals surface area contributed by atoms with Crippen LogP contribution >= 0.6 is 0 Å². The van der Waals surface area contributed by atoms with Gasteiger partial charge >= 0.3 is 6.03 Å². The molecule has 152 valence electrons. The Hall–Kier alpha value is -3.47. The molecule has 1 N–H and O–H groups in total. The highest BCUT2D eigenvalue weighted by molar-refractivity contribution is 5.76. The van der Waals surface area contributed by atoms with Crippen LogP contribution in [0.2, 0.25) is 0 Å². The van der Waals surface area contributed by atoms with E-state index in [2.05, 4.69) is 35.6 Å². The number of nitrogens with one attached hydrogen (secondary N) is 1. The lowest BCUT2D eigenvalue weighted by Gasteiger charge is -2.24. The maximum Gasteiger partial charge on any atom is 0.318 e. The summed E-state index contributed by atoms with van der Waals surface area (Å²) in [5, 5.41) is 3.25. The quantitative estimate of drug-likeness (QED) is 0.690. The van der Waals surface area contributed by atoms with Gasteiger partial charge in [0, 0.05) is 19.0 Å². The number of likely N-dealkylation sites (tertiary alicyclic amines) is 1. The first kappa shape index (κ1) is 18.6. The van der Waals surface area contributed by atoms with Crippen molar-refractivity contribution in [3.05, 3.63) is 95.6 Å². The van der Waals surface area contributed by atoms with E-state index in [0.29, 0.717) is 12.5 Å². The lowest BCUT2D eigenvalue weighted by atomic mass is 9.98. The highest BCUT2D eigenvalue weighted by atomic mass is 16.7. The Kier molecular flexibility index (Phi) is 5.01. The molecule has 3 aromatic carbocycles. The largest absolute Gasteiger partial charge is 0.454 e. The van der Waals surface area contributed by atoms with E-state index in [1.165, 1.54) is 5.56 Å². The Morgan fingerprint density at radius 3 is 2.27 bits per heavy atom. The highest BCUT2D eigenvalue weighted by Crippen LogP contribution is 2.37. The molecular weight excluding hydrogens is 376 g/mol. The molecule has 5 nitrogen and oxygen atoms in total. The van der Waals surface area contributed by atoms with Gasteiger partial charge in [0.1, 0.15) is 0 Å². The number of urea groups is 1. The van der Waals surface area contributed by atoms with Crippen LogP contribution in [0.3, 0.4) is 0 Å². The molecule has 0 aromatic heterocycles. The van der Waals surface area contributed by atoms with E-state index in [1.54, 1.807) is 0 Å². The number of ether oxygens (including phenoxy) is 2. The lowest BCUT2D eigenvalue weighted by Crippen LogP contribution is -2.40. The van der Waals surface area contributed by atoms with E-state index in [1.807, 2.05) is 53.4 Å². The number of carbonyl (C=O) groups excluding carboxylic acids is 1. The molecule has 2 aliphatic heterocycles. The SMILES string of the molecule is O=C(NC(c1ccccc1)c1ccccc1)N1CC[C@@H](c2ccc3c(c2)OCO3)C1. The first-order valence-corrected chi connectivity index (χ1v) is 10.3. The third kappa shape index (κ3) is 3.71. The first-order chi connectivity index (χ1) is 14.8. The van der Waals surface area contributed by atoms with Gasteiger partial charge in [0.25, 0.3) is 0 Å². The minimum absolute atomic E-state index is 0.0315. The summed E-state index contributed by atoms with van der Waals surface area (Å²) in [6.07, 6.45) is 0.939. The maximum absolute atomic E-state index is 13.1. The zero-order chi connectivity index (χ0) is 20.3. The fourth-order valence-electron chi connectivity index (χ4n) is 4.25. The van der Waals surface area contributed by atoms with Gasteiger partial charge in [-0.25, -0.2) is 4.79 Å². The molecule has 2 aliphatic rings. The second-order valence-corrected chi connectivity index (χ2v) is 7.75. The molecule has 1 saturated heterocycles. The van der Waals surface area contributed by atoms with Crippen LogP contribution in [0.1, 0.15) is 35.1 Å². The fourth-order valence-corrected chi connectivity index (χ4v) is 4.25. The van der Waals surface area contributed by atoms with Gasteiger partial charge in [-0.2, -0.15) is 0 Å². The molecule has 0 spiro atoms.